The first-order chi connectivity index (χ1) is 4.36. The van der Waals surface area contributed by atoms with Gasteiger partial charge >= 0.3 is 12.1 Å². The maximum Gasteiger partial charge on any atom is 0.490 e. The molecule has 0 aliphatic carbocycles. The zero-order chi connectivity index (χ0) is 8.78. The summed E-state index contributed by atoms with van der Waals surface area (Å²) in [4.78, 5) is 8.90. The van der Waals surface area contributed by atoms with Crippen LogP contribution in [0.2, 0.25) is 0 Å². The molecule has 0 amide bonds. The number of hydrogen-bond acceptors (Lipinski definition) is 2. The first-order valence-corrected chi connectivity index (χ1v) is 3.69. The summed E-state index contributed by atoms with van der Waals surface area (Å²) in [7, 11) is 0. The van der Waals surface area contributed by atoms with Gasteiger partial charge in [-0.25, -0.2) is 4.79 Å². The fraction of sp³-hybridized carbons (Fsp3) is 0.750. The van der Waals surface area contributed by atoms with Crippen LogP contribution in [-0.2, 0) is 4.79 Å². The summed E-state index contributed by atoms with van der Waals surface area (Å²) in [6.07, 6.45) is -1.00. The van der Waals surface area contributed by atoms with Crippen molar-refractivity contribution in [1.82, 2.24) is 0 Å². The van der Waals surface area contributed by atoms with Crippen LogP contribution in [0.25, 0.3) is 0 Å². The van der Waals surface area contributed by atoms with Crippen LogP contribution in [0.3, 0.4) is 0 Å². The SMILES string of the molecule is CSC.O.O=C(O)C(F)(F)F. The molecule has 0 aromatic rings. The van der Waals surface area contributed by atoms with Crippen LogP contribution >= 0.6 is 11.8 Å². The lowest BCUT2D eigenvalue weighted by Crippen LogP contribution is -2.21. The molecule has 3 N–H and O–H groups in total. The van der Waals surface area contributed by atoms with Crippen molar-refractivity contribution in [2.45, 2.75) is 6.18 Å². The van der Waals surface area contributed by atoms with Gasteiger partial charge in [0.1, 0.15) is 0 Å². The van der Waals surface area contributed by atoms with E-state index in [2.05, 4.69) is 0 Å². The molecule has 3 nitrogen and oxygen atoms in total. The summed E-state index contributed by atoms with van der Waals surface area (Å²) in [5.74, 6) is -2.76. The Kier molecular flexibility index (Phi) is 11.8. The summed E-state index contributed by atoms with van der Waals surface area (Å²) < 4.78 is 31.7. The van der Waals surface area contributed by atoms with Gasteiger partial charge in [0, 0.05) is 0 Å². The second kappa shape index (κ2) is 7.67. The third-order valence-corrected chi connectivity index (χ3v) is 0.243. The zero-order valence-electron chi connectivity index (χ0n) is 5.90. The molecule has 0 unspecified atom stereocenters. The average Bonchev–Trinajstić information content (AvgIpc) is 1.64. The highest BCUT2D eigenvalue weighted by Crippen LogP contribution is 2.13. The van der Waals surface area contributed by atoms with Crippen molar-refractivity contribution < 1.29 is 28.5 Å². The van der Waals surface area contributed by atoms with E-state index in [-0.39, 0.29) is 5.48 Å². The van der Waals surface area contributed by atoms with Crippen LogP contribution in [0.5, 0.6) is 0 Å². The van der Waals surface area contributed by atoms with Crippen molar-refractivity contribution in [3.63, 3.8) is 0 Å². The number of alkyl halides is 3. The minimum absolute atomic E-state index is 0. The van der Waals surface area contributed by atoms with E-state index in [1.54, 1.807) is 11.8 Å². The van der Waals surface area contributed by atoms with E-state index in [9.17, 15) is 13.2 Å². The van der Waals surface area contributed by atoms with E-state index in [0.717, 1.165) is 0 Å². The molecule has 0 rings (SSSR count). The van der Waals surface area contributed by atoms with Crippen molar-refractivity contribution in [1.29, 1.82) is 0 Å². The van der Waals surface area contributed by atoms with Gasteiger partial charge in [0.2, 0.25) is 0 Å². The predicted octanol–water partition coefficient (Wildman–Crippen LogP) is 0.788. The fourth-order valence-electron chi connectivity index (χ4n) is 0. The Labute approximate surface area is 65.9 Å². The Morgan fingerprint density at radius 3 is 1.45 bits per heavy atom. The number of hydrogen-bond donors (Lipinski definition) is 1. The minimum atomic E-state index is -5.08. The fourth-order valence-corrected chi connectivity index (χ4v) is 0. The maximum atomic E-state index is 10.6. The van der Waals surface area contributed by atoms with E-state index < -0.39 is 12.1 Å². The van der Waals surface area contributed by atoms with Gasteiger partial charge in [-0.05, 0) is 12.5 Å². The topological polar surface area (TPSA) is 68.8 Å². The standard InChI is InChI=1S/C2HF3O2.C2H6S.H2O/c3-2(4,5)1(6)7;1-3-2;/h(H,6,7);1-2H3;1H2. The zero-order valence-corrected chi connectivity index (χ0v) is 6.71. The smallest absolute Gasteiger partial charge is 0.475 e. The first kappa shape index (κ1) is 16.9. The molecule has 0 aliphatic rings. The van der Waals surface area contributed by atoms with Crippen LogP contribution in [0.1, 0.15) is 0 Å². The number of rotatable bonds is 0. The number of thioether (sulfide) groups is 1. The molecule has 11 heavy (non-hydrogen) atoms. The molecule has 0 aromatic heterocycles. The van der Waals surface area contributed by atoms with Gasteiger partial charge in [-0.15, -0.1) is 0 Å². The molecular formula is C4H9F3O3S. The summed E-state index contributed by atoms with van der Waals surface area (Å²) in [5, 5.41) is 7.12. The number of aliphatic carboxylic acids is 1. The Morgan fingerprint density at radius 1 is 1.36 bits per heavy atom. The molecule has 7 heteroatoms. The molecule has 0 bridgehead atoms. The lowest BCUT2D eigenvalue weighted by atomic mass is 10.7. The van der Waals surface area contributed by atoms with Crippen LogP contribution in [0, 0.1) is 0 Å². The van der Waals surface area contributed by atoms with Crippen LogP contribution in [0.4, 0.5) is 13.2 Å². The molecule has 0 saturated heterocycles. The molecule has 0 spiro atoms. The summed E-state index contributed by atoms with van der Waals surface area (Å²) in [5.41, 5.74) is 0. The molecule has 0 saturated carbocycles. The number of carbonyl (C=O) groups is 1. The van der Waals surface area contributed by atoms with Crippen molar-refractivity contribution in [2.24, 2.45) is 0 Å². The lowest BCUT2D eigenvalue weighted by Gasteiger charge is -1.93. The third kappa shape index (κ3) is 17.7. The van der Waals surface area contributed by atoms with Crippen molar-refractivity contribution in [3.8, 4) is 0 Å². The molecule has 0 atom stereocenters. The summed E-state index contributed by atoms with van der Waals surface area (Å²) in [6, 6.07) is 0. The number of halogens is 3. The Hall–Kier alpha value is -0.430. The van der Waals surface area contributed by atoms with E-state index in [0.29, 0.717) is 0 Å². The highest BCUT2D eigenvalue weighted by molar-refractivity contribution is 7.97. The maximum absolute atomic E-state index is 10.6. The van der Waals surface area contributed by atoms with Gasteiger partial charge in [-0.3, -0.25) is 0 Å². The highest BCUT2D eigenvalue weighted by atomic mass is 32.2. The number of carboxylic acids is 1. The summed E-state index contributed by atoms with van der Waals surface area (Å²) >= 11 is 1.75. The van der Waals surface area contributed by atoms with Gasteiger partial charge in [-0.1, -0.05) is 0 Å². The predicted molar refractivity (Wildman–Crippen MR) is 36.7 cm³/mol. The summed E-state index contributed by atoms with van der Waals surface area (Å²) in [6.45, 7) is 0. The minimum Gasteiger partial charge on any atom is -0.475 e. The molecular weight excluding hydrogens is 185 g/mol. The normalized spacial score (nSPS) is 8.82. The van der Waals surface area contributed by atoms with Gasteiger partial charge in [0.15, 0.2) is 0 Å². The second-order valence-electron chi connectivity index (χ2n) is 1.21. The molecule has 0 aromatic carbocycles. The molecule has 0 fully saturated rings. The van der Waals surface area contributed by atoms with Crippen molar-refractivity contribution >= 4 is 17.7 Å². The van der Waals surface area contributed by atoms with Gasteiger partial charge < -0.3 is 10.6 Å². The van der Waals surface area contributed by atoms with Gasteiger partial charge in [-0.2, -0.15) is 24.9 Å². The van der Waals surface area contributed by atoms with Crippen LogP contribution in [0.15, 0.2) is 0 Å². The van der Waals surface area contributed by atoms with E-state index in [4.69, 9.17) is 9.90 Å². The Balaban J connectivity index is -0.000000140. The molecule has 0 aliphatic heterocycles. The number of carboxylic acid groups (broad SMARTS) is 1. The molecule has 0 radical (unpaired) electrons. The Morgan fingerprint density at radius 2 is 1.45 bits per heavy atom. The van der Waals surface area contributed by atoms with Crippen molar-refractivity contribution in [2.75, 3.05) is 12.5 Å². The Bertz CT molecular complexity index is 103. The second-order valence-corrected chi connectivity index (χ2v) is 2.03. The van der Waals surface area contributed by atoms with E-state index in [1.807, 2.05) is 12.5 Å². The van der Waals surface area contributed by atoms with E-state index >= 15 is 0 Å². The third-order valence-electron chi connectivity index (χ3n) is 0.243. The first-order valence-electron chi connectivity index (χ1n) is 2.06. The average molecular weight is 194 g/mol. The molecule has 70 valence electrons. The lowest BCUT2D eigenvalue weighted by molar-refractivity contribution is -0.192. The van der Waals surface area contributed by atoms with E-state index in [1.165, 1.54) is 0 Å². The van der Waals surface area contributed by atoms with Gasteiger partial charge in [0.25, 0.3) is 0 Å². The van der Waals surface area contributed by atoms with Crippen molar-refractivity contribution in [3.05, 3.63) is 0 Å². The largest absolute Gasteiger partial charge is 0.490 e. The van der Waals surface area contributed by atoms with Gasteiger partial charge in [0.05, 0.1) is 0 Å². The highest BCUT2D eigenvalue weighted by Gasteiger charge is 2.38. The quantitative estimate of drug-likeness (QED) is 0.619. The van der Waals surface area contributed by atoms with Crippen LogP contribution < -0.4 is 0 Å². The van der Waals surface area contributed by atoms with Crippen LogP contribution in [-0.4, -0.2) is 35.2 Å². The monoisotopic (exact) mass is 194 g/mol. The molecule has 0 heterocycles.